The first-order valence-corrected chi connectivity index (χ1v) is 17.1. The molecule has 3 unspecified atom stereocenters. The first-order valence-electron chi connectivity index (χ1n) is 17.1. The van der Waals surface area contributed by atoms with Crippen LogP contribution in [0.15, 0.2) is 30.3 Å². The predicted octanol–water partition coefficient (Wildman–Crippen LogP) is 5.83. The predicted molar refractivity (Wildman–Crippen MR) is 177 cm³/mol. The summed E-state index contributed by atoms with van der Waals surface area (Å²) in [4.78, 5) is 45.0. The average molecular weight is 648 g/mol. The molecule has 0 N–H and O–H groups in total. The zero-order chi connectivity index (χ0) is 33.3. The van der Waals surface area contributed by atoms with Crippen LogP contribution in [0.25, 0.3) is 0 Å². The summed E-state index contributed by atoms with van der Waals surface area (Å²) in [7, 11) is 3.26. The van der Waals surface area contributed by atoms with Crippen molar-refractivity contribution in [3.8, 4) is 17.2 Å². The second-order valence-electron chi connectivity index (χ2n) is 14.5. The molecule has 4 aliphatic rings. The van der Waals surface area contributed by atoms with Gasteiger partial charge in [-0.05, 0) is 111 Å². The Hall–Kier alpha value is -3.95. The van der Waals surface area contributed by atoms with E-state index in [1.165, 1.54) is 19.3 Å². The maximum absolute atomic E-state index is 13.5. The molecule has 10 nitrogen and oxygen atoms in total. The van der Waals surface area contributed by atoms with E-state index in [4.69, 9.17) is 18.9 Å². The highest BCUT2D eigenvalue weighted by Gasteiger charge is 2.39. The van der Waals surface area contributed by atoms with Crippen molar-refractivity contribution in [3.63, 3.8) is 0 Å². The van der Waals surface area contributed by atoms with Crippen LogP contribution in [0.1, 0.15) is 74.6 Å². The summed E-state index contributed by atoms with van der Waals surface area (Å²) in [5, 5.41) is 0. The molecule has 2 aromatic carbocycles. The molecule has 3 amide bonds. The molecule has 254 valence electrons. The first-order chi connectivity index (χ1) is 22.5. The van der Waals surface area contributed by atoms with Gasteiger partial charge >= 0.3 is 12.2 Å². The number of hydrogen-bond donors (Lipinski definition) is 0. The Morgan fingerprint density at radius 3 is 2.09 bits per heavy atom. The van der Waals surface area contributed by atoms with Crippen molar-refractivity contribution in [2.24, 2.45) is 11.8 Å². The molecule has 2 aromatic rings. The van der Waals surface area contributed by atoms with Gasteiger partial charge in [0.2, 0.25) is 5.91 Å². The molecule has 2 aliphatic carbocycles. The number of carbonyl (C=O) groups is 3. The lowest BCUT2D eigenvalue weighted by molar-refractivity contribution is -0.131. The highest BCUT2D eigenvalue weighted by molar-refractivity contribution is 5.77. The number of likely N-dealkylation sites (tertiary alicyclic amines) is 1. The summed E-state index contributed by atoms with van der Waals surface area (Å²) in [6.07, 6.45) is 5.45. The first kappa shape index (κ1) is 33.0. The monoisotopic (exact) mass is 647 g/mol. The molecule has 0 spiro atoms. The van der Waals surface area contributed by atoms with Crippen molar-refractivity contribution in [2.75, 3.05) is 53.5 Å². The maximum atomic E-state index is 13.5. The van der Waals surface area contributed by atoms with Crippen molar-refractivity contribution >= 4 is 18.1 Å². The molecule has 2 heterocycles. The number of ether oxygens (including phenoxy) is 4. The van der Waals surface area contributed by atoms with Crippen LogP contribution in [0.3, 0.4) is 0 Å². The normalized spacial score (nSPS) is 21.5. The standard InChI is InChI=1S/C37H49N3O7/c1-37(2,3)47-36(43)39(16-13-34(41)38-14-11-24-19-32(44-4)33(45-5)20-25(24)12-15-38)23-29-17-28-18-30(9-10-31(28)29)46-35(42)40-21-26-7-6-8-27(26)22-40/h9-10,18-20,26-27,29H,6-8,11-17,21-23H2,1-5H3. The molecule has 1 saturated carbocycles. The minimum Gasteiger partial charge on any atom is -0.493 e. The summed E-state index contributed by atoms with van der Waals surface area (Å²) in [5.41, 5.74) is 3.93. The molecule has 0 bridgehead atoms. The second-order valence-corrected chi connectivity index (χ2v) is 14.5. The van der Waals surface area contributed by atoms with E-state index in [-0.39, 0.29) is 30.9 Å². The smallest absolute Gasteiger partial charge is 0.415 e. The third kappa shape index (κ3) is 7.47. The molecule has 1 saturated heterocycles. The van der Waals surface area contributed by atoms with Crippen LogP contribution in [-0.4, -0.2) is 91.9 Å². The van der Waals surface area contributed by atoms with E-state index >= 15 is 0 Å². The topological polar surface area (TPSA) is 97.9 Å². The van der Waals surface area contributed by atoms with Crippen molar-refractivity contribution in [1.29, 1.82) is 0 Å². The average Bonchev–Trinajstić information content (AvgIpc) is 3.57. The van der Waals surface area contributed by atoms with Gasteiger partial charge in [-0.1, -0.05) is 12.5 Å². The van der Waals surface area contributed by atoms with Gasteiger partial charge in [0.15, 0.2) is 11.5 Å². The highest BCUT2D eigenvalue weighted by atomic mass is 16.6. The number of rotatable bonds is 8. The van der Waals surface area contributed by atoms with Crippen molar-refractivity contribution < 1.29 is 33.3 Å². The summed E-state index contributed by atoms with van der Waals surface area (Å²) >= 11 is 0. The number of methoxy groups -OCH3 is 2. The summed E-state index contributed by atoms with van der Waals surface area (Å²) in [6, 6.07) is 9.82. The molecule has 2 aliphatic heterocycles. The number of nitrogens with zero attached hydrogens (tertiary/aromatic N) is 3. The fraction of sp³-hybridized carbons (Fsp3) is 0.595. The number of carbonyl (C=O) groups excluding carboxylic acids is 3. The van der Waals surface area contributed by atoms with Crippen LogP contribution >= 0.6 is 0 Å². The van der Waals surface area contributed by atoms with Crippen LogP contribution in [0.2, 0.25) is 0 Å². The summed E-state index contributed by atoms with van der Waals surface area (Å²) in [5.74, 6) is 3.34. The van der Waals surface area contributed by atoms with Gasteiger partial charge in [-0.25, -0.2) is 9.59 Å². The lowest BCUT2D eigenvalue weighted by atomic mass is 9.77. The third-order valence-electron chi connectivity index (χ3n) is 10.3. The quantitative estimate of drug-likeness (QED) is 0.356. The fourth-order valence-corrected chi connectivity index (χ4v) is 7.72. The van der Waals surface area contributed by atoms with Crippen LogP contribution < -0.4 is 14.2 Å². The Balaban J connectivity index is 1.05. The Morgan fingerprint density at radius 2 is 1.51 bits per heavy atom. The second kappa shape index (κ2) is 13.6. The van der Waals surface area contributed by atoms with E-state index in [0.717, 1.165) is 54.6 Å². The molecule has 2 fully saturated rings. The van der Waals surface area contributed by atoms with Gasteiger partial charge in [-0.3, -0.25) is 4.79 Å². The lowest BCUT2D eigenvalue weighted by Crippen LogP contribution is -2.43. The number of benzene rings is 2. The Morgan fingerprint density at radius 1 is 0.872 bits per heavy atom. The van der Waals surface area contributed by atoms with Gasteiger partial charge in [0, 0.05) is 51.6 Å². The largest absolute Gasteiger partial charge is 0.493 e. The highest BCUT2D eigenvalue weighted by Crippen LogP contribution is 2.40. The van der Waals surface area contributed by atoms with Crippen molar-refractivity contribution in [2.45, 2.75) is 77.2 Å². The van der Waals surface area contributed by atoms with E-state index in [2.05, 4.69) is 0 Å². The number of hydrogen-bond acceptors (Lipinski definition) is 7. The summed E-state index contributed by atoms with van der Waals surface area (Å²) < 4.78 is 22.5. The van der Waals surface area contributed by atoms with Gasteiger partial charge in [0.1, 0.15) is 11.4 Å². The Labute approximate surface area is 278 Å². The van der Waals surface area contributed by atoms with Gasteiger partial charge in [-0.15, -0.1) is 0 Å². The summed E-state index contributed by atoms with van der Waals surface area (Å²) in [6.45, 7) is 9.10. The van der Waals surface area contributed by atoms with E-state index in [9.17, 15) is 14.4 Å². The van der Waals surface area contributed by atoms with E-state index in [0.29, 0.717) is 48.7 Å². The van der Waals surface area contributed by atoms with Crippen LogP contribution in [-0.2, 0) is 28.8 Å². The molecule has 6 rings (SSSR count). The Bertz CT molecular complexity index is 1450. The molecule has 3 atom stereocenters. The minimum absolute atomic E-state index is 0.0207. The number of amides is 3. The molecular formula is C37H49N3O7. The molecule has 0 radical (unpaired) electrons. The van der Waals surface area contributed by atoms with Crippen LogP contribution in [0.5, 0.6) is 17.2 Å². The zero-order valence-corrected chi connectivity index (χ0v) is 28.5. The van der Waals surface area contributed by atoms with Gasteiger partial charge in [0.05, 0.1) is 14.2 Å². The molecule has 47 heavy (non-hydrogen) atoms. The van der Waals surface area contributed by atoms with E-state index in [1.54, 1.807) is 19.1 Å². The van der Waals surface area contributed by atoms with Crippen LogP contribution in [0.4, 0.5) is 9.59 Å². The number of fused-ring (bicyclic) bond motifs is 3. The van der Waals surface area contributed by atoms with Crippen LogP contribution in [0, 0.1) is 11.8 Å². The fourth-order valence-electron chi connectivity index (χ4n) is 7.72. The molecule has 0 aromatic heterocycles. The van der Waals surface area contributed by atoms with Gasteiger partial charge < -0.3 is 33.6 Å². The van der Waals surface area contributed by atoms with Crippen molar-refractivity contribution in [1.82, 2.24) is 14.7 Å². The minimum atomic E-state index is -0.650. The maximum Gasteiger partial charge on any atom is 0.415 e. The van der Waals surface area contributed by atoms with Gasteiger partial charge in [0.25, 0.3) is 0 Å². The third-order valence-corrected chi connectivity index (χ3v) is 10.3. The van der Waals surface area contributed by atoms with E-state index in [1.807, 2.05) is 60.9 Å². The Kier molecular flexibility index (Phi) is 9.58. The van der Waals surface area contributed by atoms with Gasteiger partial charge in [-0.2, -0.15) is 0 Å². The molecule has 10 heteroatoms. The SMILES string of the molecule is COc1cc2c(cc1OC)CCN(C(=O)CCN(CC1Cc3cc(OC(=O)N4CC5CCCC5C4)ccc31)C(=O)OC(C)(C)C)CC2. The zero-order valence-electron chi connectivity index (χ0n) is 28.5. The van der Waals surface area contributed by atoms with Crippen molar-refractivity contribution in [3.05, 3.63) is 52.6 Å². The van der Waals surface area contributed by atoms with E-state index < -0.39 is 11.7 Å². The molecular weight excluding hydrogens is 598 g/mol. The lowest BCUT2D eigenvalue weighted by Gasteiger charge is -2.36.